The molecule has 37 heavy (non-hydrogen) atoms. The number of anilines is 1. The molecule has 192 valence electrons. The number of hydrogen-bond acceptors (Lipinski definition) is 7. The summed E-state index contributed by atoms with van der Waals surface area (Å²) in [4.78, 5) is 27.2. The van der Waals surface area contributed by atoms with Crippen molar-refractivity contribution in [3.8, 4) is 17.6 Å². The highest BCUT2D eigenvalue weighted by Crippen LogP contribution is 2.45. The summed E-state index contributed by atoms with van der Waals surface area (Å²) in [5.74, 6) is 0.173. The van der Waals surface area contributed by atoms with Gasteiger partial charge in [0.05, 0.1) is 37.4 Å². The van der Waals surface area contributed by atoms with E-state index >= 15 is 0 Å². The van der Waals surface area contributed by atoms with Gasteiger partial charge in [0.25, 0.3) is 5.91 Å². The molecule has 0 fully saturated rings. The highest BCUT2D eigenvalue weighted by Gasteiger charge is 2.40. The van der Waals surface area contributed by atoms with Gasteiger partial charge in [-0.1, -0.05) is 37.3 Å². The maximum atomic E-state index is 13.3. The molecule has 3 aromatic rings. The molecule has 0 aliphatic heterocycles. The Labute approximate surface area is 221 Å². The normalized spacial score (nSPS) is 16.3. The number of nitriles is 1. The molecule has 1 aliphatic rings. The molecular formula is C29H30N2O5S. The van der Waals surface area contributed by atoms with E-state index in [4.69, 9.17) is 14.2 Å². The number of carbonyl (C=O) groups excluding carboxylic acids is 2. The van der Waals surface area contributed by atoms with Crippen molar-refractivity contribution in [2.75, 3.05) is 25.6 Å². The van der Waals surface area contributed by atoms with Crippen LogP contribution in [0.25, 0.3) is 0 Å². The van der Waals surface area contributed by atoms with Crippen LogP contribution in [0.2, 0.25) is 0 Å². The molecule has 7 nitrogen and oxygen atoms in total. The number of ether oxygens (including phenoxy) is 3. The minimum atomic E-state index is -0.686. The van der Waals surface area contributed by atoms with Crippen LogP contribution in [0.1, 0.15) is 63.4 Å². The lowest BCUT2D eigenvalue weighted by Gasteiger charge is -2.31. The molecule has 0 spiro atoms. The molecule has 1 aliphatic carbocycles. The first-order valence-corrected chi connectivity index (χ1v) is 13.2. The summed E-state index contributed by atoms with van der Waals surface area (Å²) in [6, 6.07) is 17.3. The number of nitrogens with one attached hydrogen (secondary N) is 1. The fourth-order valence-corrected chi connectivity index (χ4v) is 5.95. The van der Waals surface area contributed by atoms with Gasteiger partial charge in [-0.2, -0.15) is 5.26 Å². The van der Waals surface area contributed by atoms with Gasteiger partial charge in [0, 0.05) is 16.9 Å². The Bertz CT molecular complexity index is 1330. The van der Waals surface area contributed by atoms with E-state index in [1.165, 1.54) is 18.4 Å². The molecule has 2 aromatic carbocycles. The van der Waals surface area contributed by atoms with E-state index in [0.717, 1.165) is 22.4 Å². The van der Waals surface area contributed by atoms with Crippen molar-refractivity contribution in [1.82, 2.24) is 0 Å². The van der Waals surface area contributed by atoms with Crippen LogP contribution in [-0.4, -0.2) is 32.2 Å². The molecular weight excluding hydrogens is 488 g/mol. The molecule has 1 amide bonds. The average molecular weight is 519 g/mol. The van der Waals surface area contributed by atoms with Crippen molar-refractivity contribution in [2.45, 2.75) is 44.9 Å². The van der Waals surface area contributed by atoms with Crippen molar-refractivity contribution in [3.05, 3.63) is 75.7 Å². The van der Waals surface area contributed by atoms with Crippen LogP contribution in [0.4, 0.5) is 5.00 Å². The number of amides is 1. The third kappa shape index (κ3) is 5.32. The molecule has 0 saturated heterocycles. The number of fused-ring (bicyclic) bond motifs is 1. The van der Waals surface area contributed by atoms with Gasteiger partial charge in [-0.05, 0) is 55.5 Å². The molecule has 1 aromatic heterocycles. The Morgan fingerprint density at radius 3 is 2.59 bits per heavy atom. The SMILES string of the molecule is CCCOc1ccc(C(=O)Nc2sc3c(c2C(=O)OCC)CC[C@](C#N)(c2ccccc2)C3)cc1OC. The van der Waals surface area contributed by atoms with Gasteiger partial charge in [-0.3, -0.25) is 4.79 Å². The van der Waals surface area contributed by atoms with E-state index in [0.29, 0.717) is 53.5 Å². The quantitative estimate of drug-likeness (QED) is 0.353. The first-order chi connectivity index (χ1) is 18.0. The predicted molar refractivity (Wildman–Crippen MR) is 143 cm³/mol. The number of thiophene rings is 1. The molecule has 0 saturated carbocycles. The zero-order valence-corrected chi connectivity index (χ0v) is 22.1. The fraction of sp³-hybridized carbons (Fsp3) is 0.345. The van der Waals surface area contributed by atoms with E-state index in [9.17, 15) is 14.9 Å². The molecule has 0 radical (unpaired) electrons. The topological polar surface area (TPSA) is 97.6 Å². The predicted octanol–water partition coefficient (Wildman–Crippen LogP) is 5.92. The molecule has 8 heteroatoms. The summed E-state index contributed by atoms with van der Waals surface area (Å²) < 4.78 is 16.4. The van der Waals surface area contributed by atoms with E-state index in [2.05, 4.69) is 11.4 Å². The number of hydrogen-bond donors (Lipinski definition) is 1. The summed E-state index contributed by atoms with van der Waals surface area (Å²) >= 11 is 1.34. The lowest BCUT2D eigenvalue weighted by molar-refractivity contribution is 0.0526. The van der Waals surface area contributed by atoms with Crippen molar-refractivity contribution < 1.29 is 23.8 Å². The lowest BCUT2D eigenvalue weighted by Crippen LogP contribution is -2.31. The summed E-state index contributed by atoms with van der Waals surface area (Å²) in [5.41, 5.74) is 1.87. The number of nitrogens with zero attached hydrogens (tertiary/aromatic N) is 1. The Morgan fingerprint density at radius 2 is 1.92 bits per heavy atom. The van der Waals surface area contributed by atoms with Gasteiger partial charge in [0.15, 0.2) is 11.5 Å². The van der Waals surface area contributed by atoms with Crippen LogP contribution >= 0.6 is 11.3 Å². The highest BCUT2D eigenvalue weighted by atomic mass is 32.1. The first kappa shape index (κ1) is 26.2. The van der Waals surface area contributed by atoms with E-state index in [-0.39, 0.29) is 12.5 Å². The number of rotatable bonds is 9. The number of carbonyl (C=O) groups is 2. The first-order valence-electron chi connectivity index (χ1n) is 12.4. The molecule has 0 bridgehead atoms. The maximum absolute atomic E-state index is 13.3. The van der Waals surface area contributed by atoms with Gasteiger partial charge < -0.3 is 19.5 Å². The van der Waals surface area contributed by atoms with Crippen LogP contribution in [0.5, 0.6) is 11.5 Å². The largest absolute Gasteiger partial charge is 0.493 e. The number of esters is 1. The minimum absolute atomic E-state index is 0.222. The second-order valence-electron chi connectivity index (χ2n) is 8.83. The van der Waals surface area contributed by atoms with Crippen LogP contribution in [0.3, 0.4) is 0 Å². The van der Waals surface area contributed by atoms with Gasteiger partial charge >= 0.3 is 5.97 Å². The Balaban J connectivity index is 1.67. The average Bonchev–Trinajstić information content (AvgIpc) is 3.28. The standard InChI is InChI=1S/C29H30N2O5S/c1-4-15-36-22-12-11-19(16-23(22)34-3)26(32)31-27-25(28(33)35-5-2)21-13-14-29(18-30,17-24(21)37-27)20-9-7-6-8-10-20/h6-12,16H,4-5,13-15,17H2,1-3H3,(H,31,32)/t29-/m0/s1. The number of benzene rings is 2. The molecule has 4 rings (SSSR count). The Morgan fingerprint density at radius 1 is 1.14 bits per heavy atom. The highest BCUT2D eigenvalue weighted by molar-refractivity contribution is 7.17. The van der Waals surface area contributed by atoms with Crippen molar-refractivity contribution in [1.29, 1.82) is 5.26 Å². The lowest BCUT2D eigenvalue weighted by atomic mass is 9.70. The second kappa shape index (κ2) is 11.5. The smallest absolute Gasteiger partial charge is 0.341 e. The van der Waals surface area contributed by atoms with E-state index in [1.54, 1.807) is 25.1 Å². The maximum Gasteiger partial charge on any atom is 0.341 e. The van der Waals surface area contributed by atoms with E-state index < -0.39 is 11.4 Å². The van der Waals surface area contributed by atoms with Gasteiger partial charge in [0.2, 0.25) is 0 Å². The minimum Gasteiger partial charge on any atom is -0.493 e. The number of methoxy groups -OCH3 is 1. The summed E-state index contributed by atoms with van der Waals surface area (Å²) in [5, 5.41) is 13.5. The van der Waals surface area contributed by atoms with Gasteiger partial charge in [0.1, 0.15) is 5.00 Å². The molecule has 1 atom stereocenters. The second-order valence-corrected chi connectivity index (χ2v) is 9.94. The third-order valence-electron chi connectivity index (χ3n) is 6.49. The van der Waals surface area contributed by atoms with Crippen LogP contribution in [0, 0.1) is 11.3 Å². The van der Waals surface area contributed by atoms with Crippen molar-refractivity contribution in [3.63, 3.8) is 0 Å². The molecule has 1 N–H and O–H groups in total. The van der Waals surface area contributed by atoms with Crippen molar-refractivity contribution in [2.24, 2.45) is 0 Å². The summed E-state index contributed by atoms with van der Waals surface area (Å²) in [7, 11) is 1.52. The van der Waals surface area contributed by atoms with Crippen LogP contribution < -0.4 is 14.8 Å². The van der Waals surface area contributed by atoms with Crippen molar-refractivity contribution >= 4 is 28.2 Å². The zero-order chi connectivity index (χ0) is 26.4. The van der Waals surface area contributed by atoms with E-state index in [1.807, 2.05) is 37.3 Å². The van der Waals surface area contributed by atoms with Crippen LogP contribution in [0.15, 0.2) is 48.5 Å². The zero-order valence-electron chi connectivity index (χ0n) is 21.3. The molecule has 1 heterocycles. The summed E-state index contributed by atoms with van der Waals surface area (Å²) in [6.07, 6.45) is 2.43. The van der Waals surface area contributed by atoms with Gasteiger partial charge in [-0.25, -0.2) is 4.79 Å². The molecule has 0 unspecified atom stereocenters. The van der Waals surface area contributed by atoms with Crippen LogP contribution in [-0.2, 0) is 23.0 Å². The summed E-state index contributed by atoms with van der Waals surface area (Å²) in [6.45, 7) is 4.52. The monoisotopic (exact) mass is 518 g/mol. The fourth-order valence-electron chi connectivity index (χ4n) is 4.61. The Kier molecular flexibility index (Phi) is 8.14. The third-order valence-corrected chi connectivity index (χ3v) is 7.64. The Hall–Kier alpha value is -3.83. The van der Waals surface area contributed by atoms with Gasteiger partial charge in [-0.15, -0.1) is 11.3 Å².